The first-order valence-corrected chi connectivity index (χ1v) is 4.46. The third-order valence-corrected chi connectivity index (χ3v) is 1.98. The predicted molar refractivity (Wildman–Crippen MR) is 58.0 cm³/mol. The van der Waals surface area contributed by atoms with Crippen LogP contribution in [0.5, 0.6) is 5.75 Å². The van der Waals surface area contributed by atoms with Gasteiger partial charge >= 0.3 is 5.69 Å². The van der Waals surface area contributed by atoms with Crippen molar-refractivity contribution < 1.29 is 14.5 Å². The summed E-state index contributed by atoms with van der Waals surface area (Å²) in [4.78, 5) is 23.9. The summed E-state index contributed by atoms with van der Waals surface area (Å²) in [6.45, 7) is -0.375. The van der Waals surface area contributed by atoms with Gasteiger partial charge in [0.2, 0.25) is 0 Å². The number of hydrogen-bond acceptors (Lipinski definition) is 5. The van der Waals surface area contributed by atoms with Crippen LogP contribution in [0.3, 0.4) is 0 Å². The summed E-state index contributed by atoms with van der Waals surface area (Å²) in [5.74, 6) is -0.427. The molecule has 8 heteroatoms. The van der Waals surface area contributed by atoms with Crippen LogP contribution in [0.25, 0.3) is 10.4 Å². The van der Waals surface area contributed by atoms with E-state index < -0.39 is 10.7 Å². The van der Waals surface area contributed by atoms with Crippen LogP contribution >= 0.6 is 0 Å². The lowest BCUT2D eigenvalue weighted by Gasteiger charge is -2.03. The average molecular weight is 236 g/mol. The van der Waals surface area contributed by atoms with Crippen LogP contribution in [0.2, 0.25) is 0 Å². The summed E-state index contributed by atoms with van der Waals surface area (Å²) in [6.07, 6.45) is 0. The highest BCUT2D eigenvalue weighted by Crippen LogP contribution is 2.27. The van der Waals surface area contributed by atoms with Crippen molar-refractivity contribution in [1.29, 1.82) is 0 Å². The molecule has 0 radical (unpaired) electrons. The quantitative estimate of drug-likeness (QED) is 0.194. The number of azide groups is 1. The number of benzene rings is 1. The third-order valence-electron chi connectivity index (χ3n) is 1.98. The molecule has 1 aromatic rings. The van der Waals surface area contributed by atoms with Crippen LogP contribution in [-0.4, -0.2) is 24.4 Å². The fourth-order valence-electron chi connectivity index (χ4n) is 1.19. The van der Waals surface area contributed by atoms with Crippen molar-refractivity contribution >= 4 is 11.5 Å². The number of ketones is 1. The van der Waals surface area contributed by atoms with Gasteiger partial charge in [-0.25, -0.2) is 0 Å². The maximum absolute atomic E-state index is 11.4. The SMILES string of the molecule is COc1ccc(C(=O)CN=[N+]=[N-])cc1[N+](=O)[O-]. The van der Waals surface area contributed by atoms with Gasteiger partial charge in [-0.2, -0.15) is 0 Å². The van der Waals surface area contributed by atoms with Gasteiger partial charge in [-0.3, -0.25) is 14.9 Å². The highest BCUT2D eigenvalue weighted by molar-refractivity contribution is 5.98. The van der Waals surface area contributed by atoms with E-state index in [0.717, 1.165) is 6.07 Å². The minimum Gasteiger partial charge on any atom is -0.490 e. The number of carbonyl (C=O) groups excluding carboxylic acids is 1. The fraction of sp³-hybridized carbons (Fsp3) is 0.222. The van der Waals surface area contributed by atoms with Crippen molar-refractivity contribution in [3.05, 3.63) is 44.3 Å². The van der Waals surface area contributed by atoms with E-state index in [9.17, 15) is 14.9 Å². The summed E-state index contributed by atoms with van der Waals surface area (Å²) in [6, 6.07) is 3.79. The zero-order chi connectivity index (χ0) is 12.8. The molecule has 0 amide bonds. The first-order chi connectivity index (χ1) is 8.10. The Balaban J connectivity index is 3.11. The van der Waals surface area contributed by atoms with Gasteiger partial charge in [0, 0.05) is 16.5 Å². The number of methoxy groups -OCH3 is 1. The maximum atomic E-state index is 11.4. The summed E-state index contributed by atoms with van der Waals surface area (Å²) >= 11 is 0. The van der Waals surface area contributed by atoms with Gasteiger partial charge in [0.1, 0.15) is 0 Å². The van der Waals surface area contributed by atoms with E-state index in [2.05, 4.69) is 10.0 Å². The molecule has 0 fully saturated rings. The van der Waals surface area contributed by atoms with Gasteiger partial charge < -0.3 is 4.74 Å². The molecule has 0 N–H and O–H groups in total. The second-order valence-corrected chi connectivity index (χ2v) is 2.96. The Labute approximate surface area is 95.6 Å². The Hall–Kier alpha value is -2.60. The molecule has 17 heavy (non-hydrogen) atoms. The van der Waals surface area contributed by atoms with Crippen LogP contribution in [0.1, 0.15) is 10.4 Å². The number of nitro benzene ring substituents is 1. The minimum absolute atomic E-state index is 0.0651. The number of hydrogen-bond donors (Lipinski definition) is 0. The van der Waals surface area contributed by atoms with E-state index in [1.165, 1.54) is 19.2 Å². The Kier molecular flexibility index (Phi) is 4.02. The molecule has 0 aliphatic heterocycles. The van der Waals surface area contributed by atoms with E-state index in [0.29, 0.717) is 0 Å². The van der Waals surface area contributed by atoms with Crippen molar-refractivity contribution in [2.75, 3.05) is 13.7 Å². The standard InChI is InChI=1S/C9H8N4O4/c1-17-9-3-2-6(4-7(9)13(15)16)8(14)5-11-12-10/h2-4H,5H2,1H3. The lowest BCUT2D eigenvalue weighted by molar-refractivity contribution is -0.385. The minimum atomic E-state index is -0.650. The van der Waals surface area contributed by atoms with Gasteiger partial charge in [0.15, 0.2) is 11.5 Å². The second kappa shape index (κ2) is 5.47. The highest BCUT2D eigenvalue weighted by atomic mass is 16.6. The van der Waals surface area contributed by atoms with Crippen molar-refractivity contribution in [2.45, 2.75) is 0 Å². The zero-order valence-electron chi connectivity index (χ0n) is 8.86. The van der Waals surface area contributed by atoms with Crippen molar-refractivity contribution in [2.24, 2.45) is 5.11 Å². The van der Waals surface area contributed by atoms with Crippen molar-refractivity contribution in [1.82, 2.24) is 0 Å². The molecule has 0 unspecified atom stereocenters. The molecule has 0 heterocycles. The van der Waals surface area contributed by atoms with Crippen LogP contribution in [0, 0.1) is 10.1 Å². The Morgan fingerprint density at radius 3 is 2.88 bits per heavy atom. The molecule has 0 aromatic heterocycles. The van der Waals surface area contributed by atoms with Crippen LogP contribution in [0.15, 0.2) is 23.3 Å². The van der Waals surface area contributed by atoms with Gasteiger partial charge in [-0.1, -0.05) is 5.11 Å². The second-order valence-electron chi connectivity index (χ2n) is 2.96. The monoisotopic (exact) mass is 236 g/mol. The molecular formula is C9H8N4O4. The van der Waals surface area contributed by atoms with Crippen LogP contribution in [0.4, 0.5) is 5.69 Å². The van der Waals surface area contributed by atoms with Crippen LogP contribution < -0.4 is 4.74 Å². The summed E-state index contributed by atoms with van der Waals surface area (Å²) in [7, 11) is 1.30. The van der Waals surface area contributed by atoms with E-state index >= 15 is 0 Å². The van der Waals surface area contributed by atoms with Crippen molar-refractivity contribution in [3.63, 3.8) is 0 Å². The van der Waals surface area contributed by atoms with E-state index in [4.69, 9.17) is 10.3 Å². The third kappa shape index (κ3) is 2.93. The normalized spacial score (nSPS) is 9.24. The Bertz CT molecular complexity index is 508. The molecule has 0 saturated carbocycles. The fourth-order valence-corrected chi connectivity index (χ4v) is 1.19. The largest absolute Gasteiger partial charge is 0.490 e. The molecule has 1 rings (SSSR count). The first-order valence-electron chi connectivity index (χ1n) is 4.46. The smallest absolute Gasteiger partial charge is 0.311 e. The number of Topliss-reactive ketones (excluding diaryl/α,β-unsaturated/α-hetero) is 1. The number of nitrogens with zero attached hydrogens (tertiary/aromatic N) is 4. The molecular weight excluding hydrogens is 228 g/mol. The summed E-state index contributed by atoms with van der Waals surface area (Å²) < 4.78 is 4.79. The van der Waals surface area contributed by atoms with E-state index in [1.807, 2.05) is 0 Å². The zero-order valence-corrected chi connectivity index (χ0v) is 8.86. The van der Waals surface area contributed by atoms with E-state index in [1.54, 1.807) is 0 Å². The molecule has 0 atom stereocenters. The molecule has 0 aliphatic carbocycles. The van der Waals surface area contributed by atoms with E-state index in [-0.39, 0.29) is 23.5 Å². The molecule has 0 bridgehead atoms. The van der Waals surface area contributed by atoms with Gasteiger partial charge in [-0.15, -0.1) is 0 Å². The first kappa shape index (κ1) is 12.5. The summed E-state index contributed by atoms with van der Waals surface area (Å²) in [5, 5.41) is 13.8. The molecule has 88 valence electrons. The predicted octanol–water partition coefficient (Wildman–Crippen LogP) is 2.10. The lowest BCUT2D eigenvalue weighted by atomic mass is 10.1. The lowest BCUT2D eigenvalue weighted by Crippen LogP contribution is -2.04. The van der Waals surface area contributed by atoms with Gasteiger partial charge in [0.05, 0.1) is 18.6 Å². The van der Waals surface area contributed by atoms with Gasteiger partial charge in [-0.05, 0) is 17.7 Å². The highest BCUT2D eigenvalue weighted by Gasteiger charge is 2.17. The topological polar surface area (TPSA) is 118 Å². The Morgan fingerprint density at radius 1 is 1.65 bits per heavy atom. The van der Waals surface area contributed by atoms with Crippen LogP contribution in [-0.2, 0) is 0 Å². The van der Waals surface area contributed by atoms with Crippen molar-refractivity contribution in [3.8, 4) is 5.75 Å². The Morgan fingerprint density at radius 2 is 2.35 bits per heavy atom. The summed E-state index contributed by atoms with van der Waals surface area (Å²) in [5.41, 5.74) is 7.86. The number of carbonyl (C=O) groups is 1. The molecule has 0 saturated heterocycles. The number of rotatable bonds is 5. The average Bonchev–Trinajstić information content (AvgIpc) is 2.34. The molecule has 8 nitrogen and oxygen atoms in total. The molecule has 1 aromatic carbocycles. The van der Waals surface area contributed by atoms with Gasteiger partial charge in [0.25, 0.3) is 0 Å². The molecule has 0 spiro atoms. The maximum Gasteiger partial charge on any atom is 0.311 e. The molecule has 0 aliphatic rings. The number of ether oxygens (including phenoxy) is 1. The number of nitro groups is 1.